The van der Waals surface area contributed by atoms with Gasteiger partial charge in [-0.2, -0.15) is 23.1 Å². The molecule has 0 aromatic carbocycles. The van der Waals surface area contributed by atoms with E-state index in [-0.39, 0.29) is 66.5 Å². The molecule has 4 atom stereocenters. The lowest BCUT2D eigenvalue weighted by molar-refractivity contribution is -0.137. The van der Waals surface area contributed by atoms with Crippen molar-refractivity contribution in [1.29, 1.82) is 0 Å². The summed E-state index contributed by atoms with van der Waals surface area (Å²) in [6.07, 6.45) is -3.27. The van der Waals surface area contributed by atoms with Gasteiger partial charge in [0.1, 0.15) is 64.9 Å². The molecule has 4 N–H and O–H groups in total. The molecule has 0 spiro atoms. The number of pyridine rings is 3. The Morgan fingerprint density at radius 1 is 1.12 bits per heavy atom. The summed E-state index contributed by atoms with van der Waals surface area (Å²) in [4.78, 5) is 24.8. The topological polar surface area (TPSA) is 141 Å². The van der Waals surface area contributed by atoms with Crippen LogP contribution in [0.4, 0.5) is 43.8 Å². The van der Waals surface area contributed by atoms with Crippen LogP contribution in [0.1, 0.15) is 55.8 Å². The number of fused-ring (bicyclic) bond motifs is 1. The zero-order chi connectivity index (χ0) is 35.0. The summed E-state index contributed by atoms with van der Waals surface area (Å²) in [6, 6.07) is 0.653. The van der Waals surface area contributed by atoms with Gasteiger partial charge in [0.15, 0.2) is 5.82 Å². The molecule has 4 aromatic heterocycles. The molecule has 17 heteroatoms. The molecule has 11 nitrogen and oxygen atoms in total. The van der Waals surface area contributed by atoms with Gasteiger partial charge in [0.2, 0.25) is 5.88 Å². The lowest BCUT2D eigenvalue weighted by Crippen LogP contribution is -2.43. The van der Waals surface area contributed by atoms with Crippen molar-refractivity contribution in [1.82, 2.24) is 29.8 Å². The van der Waals surface area contributed by atoms with E-state index in [0.29, 0.717) is 18.5 Å². The standard InChI is InChI=1S/C32H33F6N9O2/c1-14-7-20(39)42-25(22(14)32(36,37)38)26-23(35)24-21-28(45-30(44-24)49-13-31-5-4-6-46(31)11-18(34)9-31)47(15(2)12-48-29(21)43-26)16(3)19-8-17(33)10-41-27(19)40/h7-8,10,15-16,18H,4-6,9,11-13H2,1-3H3,(H2,39,42)(H2,40,41)/t15-,16?,18?,31-/m0/s1. The number of aromatic nitrogens is 5. The minimum absolute atomic E-state index is 0.0126. The van der Waals surface area contributed by atoms with E-state index >= 15 is 4.39 Å². The number of alkyl halides is 4. The number of nitrogen functional groups attached to an aromatic ring is 2. The fraction of sp³-hybridized carbons (Fsp3) is 0.469. The maximum absolute atomic E-state index is 16.8. The van der Waals surface area contributed by atoms with E-state index < -0.39 is 64.1 Å². The Morgan fingerprint density at radius 2 is 1.90 bits per heavy atom. The van der Waals surface area contributed by atoms with Gasteiger partial charge in [0, 0.05) is 18.5 Å². The molecule has 0 radical (unpaired) electrons. The van der Waals surface area contributed by atoms with E-state index in [2.05, 4.69) is 24.9 Å². The average Bonchev–Trinajstić information content (AvgIpc) is 3.50. The molecule has 2 fully saturated rings. The second-order valence-electron chi connectivity index (χ2n) is 13.0. The normalized spacial score (nSPS) is 23.0. The largest absolute Gasteiger partial charge is 0.475 e. The van der Waals surface area contributed by atoms with Crippen LogP contribution in [-0.2, 0) is 6.18 Å². The molecule has 3 aliphatic rings. The van der Waals surface area contributed by atoms with Crippen molar-refractivity contribution in [3.05, 3.63) is 46.7 Å². The van der Waals surface area contributed by atoms with Crippen molar-refractivity contribution in [2.24, 2.45) is 0 Å². The molecular formula is C32H33F6N9O2. The minimum atomic E-state index is -4.94. The third-order valence-electron chi connectivity index (χ3n) is 9.65. The van der Waals surface area contributed by atoms with Crippen LogP contribution in [-0.4, -0.2) is 73.9 Å². The first kappa shape index (κ1) is 32.9. The predicted molar refractivity (Wildman–Crippen MR) is 168 cm³/mol. The van der Waals surface area contributed by atoms with Crippen molar-refractivity contribution in [3.63, 3.8) is 0 Å². The van der Waals surface area contributed by atoms with Crippen molar-refractivity contribution < 1.29 is 35.8 Å². The van der Waals surface area contributed by atoms with Gasteiger partial charge in [-0.05, 0) is 57.9 Å². The summed E-state index contributed by atoms with van der Waals surface area (Å²) < 4.78 is 101. The first-order chi connectivity index (χ1) is 23.2. The van der Waals surface area contributed by atoms with Crippen molar-refractivity contribution in [2.45, 2.75) is 70.0 Å². The second-order valence-corrected chi connectivity index (χ2v) is 13.0. The maximum Gasteiger partial charge on any atom is 0.418 e. The fourth-order valence-corrected chi connectivity index (χ4v) is 7.49. The number of anilines is 3. The summed E-state index contributed by atoms with van der Waals surface area (Å²) in [5, 5.41) is -0.0627. The number of halogens is 6. The van der Waals surface area contributed by atoms with E-state index in [4.69, 9.17) is 20.9 Å². The highest BCUT2D eigenvalue weighted by molar-refractivity contribution is 5.97. The number of nitrogens with two attached hydrogens (primary N) is 2. The van der Waals surface area contributed by atoms with Crippen molar-refractivity contribution in [2.75, 3.05) is 42.7 Å². The molecule has 0 aliphatic carbocycles. The van der Waals surface area contributed by atoms with Crippen LogP contribution in [0.5, 0.6) is 11.9 Å². The lowest BCUT2D eigenvalue weighted by Gasteiger charge is -2.35. The highest BCUT2D eigenvalue weighted by atomic mass is 19.4. The van der Waals surface area contributed by atoms with Crippen LogP contribution < -0.4 is 25.8 Å². The summed E-state index contributed by atoms with van der Waals surface area (Å²) >= 11 is 0. The number of rotatable bonds is 6. The van der Waals surface area contributed by atoms with Gasteiger partial charge in [-0.25, -0.2) is 28.1 Å². The second kappa shape index (κ2) is 11.7. The van der Waals surface area contributed by atoms with Crippen LogP contribution in [0.25, 0.3) is 22.3 Å². The van der Waals surface area contributed by atoms with Crippen LogP contribution in [0, 0.1) is 18.6 Å². The Balaban J connectivity index is 1.45. The van der Waals surface area contributed by atoms with Gasteiger partial charge in [-0.1, -0.05) is 0 Å². The molecule has 4 aromatic rings. The Bertz CT molecular complexity index is 1960. The molecule has 0 amide bonds. The van der Waals surface area contributed by atoms with Crippen LogP contribution in [0.2, 0.25) is 0 Å². The number of hydrogen-bond acceptors (Lipinski definition) is 11. The zero-order valence-corrected chi connectivity index (χ0v) is 26.8. The van der Waals surface area contributed by atoms with Crippen LogP contribution in [0.3, 0.4) is 0 Å². The Morgan fingerprint density at radius 3 is 2.65 bits per heavy atom. The lowest BCUT2D eigenvalue weighted by atomic mass is 9.95. The van der Waals surface area contributed by atoms with Crippen LogP contribution >= 0.6 is 0 Å². The third kappa shape index (κ3) is 5.56. The quantitative estimate of drug-likeness (QED) is 0.246. The van der Waals surface area contributed by atoms with E-state index in [9.17, 15) is 22.0 Å². The van der Waals surface area contributed by atoms with Gasteiger partial charge in [0.05, 0.1) is 29.4 Å². The Kier molecular flexibility index (Phi) is 7.87. The number of hydrogen-bond donors (Lipinski definition) is 2. The molecule has 3 aliphatic heterocycles. The summed E-state index contributed by atoms with van der Waals surface area (Å²) in [5.41, 5.74) is 8.08. The molecular weight excluding hydrogens is 656 g/mol. The number of nitrogens with zero attached hydrogens (tertiary/aromatic N) is 7. The van der Waals surface area contributed by atoms with Gasteiger partial charge in [0.25, 0.3) is 0 Å². The first-order valence-corrected chi connectivity index (χ1v) is 15.8. The highest BCUT2D eigenvalue weighted by Crippen LogP contribution is 2.46. The summed E-state index contributed by atoms with van der Waals surface area (Å²) in [6.45, 7) is 5.50. The summed E-state index contributed by atoms with van der Waals surface area (Å²) in [7, 11) is 0. The van der Waals surface area contributed by atoms with Gasteiger partial charge < -0.3 is 25.8 Å². The molecule has 2 saturated heterocycles. The van der Waals surface area contributed by atoms with E-state index in [0.717, 1.165) is 18.7 Å². The fourth-order valence-electron chi connectivity index (χ4n) is 7.49. The number of ether oxygens (including phenoxy) is 2. The molecule has 0 bridgehead atoms. The Labute approximate surface area is 276 Å². The average molecular weight is 690 g/mol. The maximum atomic E-state index is 16.8. The molecule has 49 heavy (non-hydrogen) atoms. The van der Waals surface area contributed by atoms with Crippen LogP contribution in [0.15, 0.2) is 18.3 Å². The molecule has 260 valence electrons. The van der Waals surface area contributed by atoms with Gasteiger partial charge in [-0.15, -0.1) is 0 Å². The van der Waals surface area contributed by atoms with E-state index in [1.807, 2.05) is 4.90 Å². The predicted octanol–water partition coefficient (Wildman–Crippen LogP) is 5.56. The van der Waals surface area contributed by atoms with Crippen molar-refractivity contribution >= 4 is 28.4 Å². The SMILES string of the molecule is Cc1cc(N)nc(-c2nc3c4c(nc(OC[C@@]56CCCN5CC(F)C6)nc4c2F)N(C(C)c2cc(F)cnc2N)[C@@H](C)CO3)c1C(F)(F)F. The molecule has 7 rings (SSSR count). The smallest absolute Gasteiger partial charge is 0.418 e. The molecule has 0 saturated carbocycles. The Hall–Kier alpha value is -4.67. The highest BCUT2D eigenvalue weighted by Gasteiger charge is 2.49. The molecule has 2 unspecified atom stereocenters. The summed E-state index contributed by atoms with van der Waals surface area (Å²) in [5.74, 6) is -2.34. The third-order valence-corrected chi connectivity index (χ3v) is 9.65. The zero-order valence-electron chi connectivity index (χ0n) is 26.8. The first-order valence-electron chi connectivity index (χ1n) is 15.8. The monoisotopic (exact) mass is 689 g/mol. The van der Waals surface area contributed by atoms with Gasteiger partial charge in [-0.3, -0.25) is 4.90 Å². The van der Waals surface area contributed by atoms with E-state index in [1.165, 1.54) is 13.0 Å². The van der Waals surface area contributed by atoms with E-state index in [1.54, 1.807) is 18.7 Å². The molecule has 7 heterocycles. The minimum Gasteiger partial charge on any atom is -0.475 e. The van der Waals surface area contributed by atoms with Gasteiger partial charge >= 0.3 is 12.2 Å². The number of aryl methyl sites for hydroxylation is 1. The van der Waals surface area contributed by atoms with Crippen molar-refractivity contribution in [3.8, 4) is 23.3 Å².